The quantitative estimate of drug-likeness (QED) is 0.579. The molecule has 0 unspecified atom stereocenters. The van der Waals surface area contributed by atoms with Gasteiger partial charge in [-0.1, -0.05) is 30.3 Å². The first-order valence-corrected chi connectivity index (χ1v) is 9.79. The zero-order chi connectivity index (χ0) is 18.2. The molecular weight excluding hydrogens is 368 g/mol. The van der Waals surface area contributed by atoms with Crippen molar-refractivity contribution in [1.82, 2.24) is 4.98 Å². The number of carbonyl (C=O) groups excluding carboxylic acids is 1. The van der Waals surface area contributed by atoms with Crippen molar-refractivity contribution in [2.45, 2.75) is 10.6 Å². The Balaban J connectivity index is 1.48. The molecule has 0 atom stereocenters. The van der Waals surface area contributed by atoms with Gasteiger partial charge in [-0.05, 0) is 24.3 Å². The molecule has 0 saturated heterocycles. The number of aromatic nitrogens is 1. The molecule has 134 valence electrons. The normalized spacial score (nSPS) is 10.3. The molecule has 0 aliphatic carbocycles. The van der Waals surface area contributed by atoms with Crippen LogP contribution in [0.4, 0.5) is 5.13 Å². The lowest BCUT2D eigenvalue weighted by atomic mass is 10.3. The summed E-state index contributed by atoms with van der Waals surface area (Å²) in [4.78, 5) is 17.7. The molecule has 1 N–H and O–H groups in total. The lowest BCUT2D eigenvalue weighted by Gasteiger charge is -2.09. The smallest absolute Gasteiger partial charge is 0.264 e. The summed E-state index contributed by atoms with van der Waals surface area (Å²) in [5.74, 6) is 1.63. The van der Waals surface area contributed by atoms with Gasteiger partial charge in [-0.15, -0.1) is 23.1 Å². The minimum atomic E-state index is -0.257. The molecule has 2 aromatic carbocycles. The Labute approximate surface area is 160 Å². The Morgan fingerprint density at radius 3 is 2.62 bits per heavy atom. The number of hydrogen-bond donors (Lipinski definition) is 1. The third-order valence-electron chi connectivity index (χ3n) is 3.36. The van der Waals surface area contributed by atoms with E-state index >= 15 is 0 Å². The van der Waals surface area contributed by atoms with Crippen LogP contribution < -0.4 is 14.8 Å². The molecule has 3 aromatic rings. The summed E-state index contributed by atoms with van der Waals surface area (Å²) >= 11 is 3.12. The van der Waals surface area contributed by atoms with Gasteiger partial charge in [-0.25, -0.2) is 4.98 Å². The summed E-state index contributed by atoms with van der Waals surface area (Å²) in [5, 5.41) is 5.28. The lowest BCUT2D eigenvalue weighted by molar-refractivity contribution is -0.118. The third kappa shape index (κ3) is 5.24. The standard InChI is InChI=1S/C19H18N2O3S2/c1-23-16-9-5-6-10-17(16)24-11-18(22)21-19-20-14(13-26-19)12-25-15-7-3-2-4-8-15/h2-10,13H,11-12H2,1H3,(H,20,21,22). The summed E-state index contributed by atoms with van der Waals surface area (Å²) in [6.45, 7) is -0.103. The molecule has 0 aliphatic rings. The van der Waals surface area contributed by atoms with Crippen molar-refractivity contribution in [2.75, 3.05) is 19.0 Å². The number of thiazole rings is 1. The minimum Gasteiger partial charge on any atom is -0.493 e. The Kier molecular flexibility index (Phi) is 6.51. The summed E-state index contributed by atoms with van der Waals surface area (Å²) in [6, 6.07) is 17.4. The number of benzene rings is 2. The topological polar surface area (TPSA) is 60.5 Å². The number of nitrogens with one attached hydrogen (secondary N) is 1. The van der Waals surface area contributed by atoms with Crippen LogP contribution in [0.25, 0.3) is 0 Å². The molecule has 5 nitrogen and oxygen atoms in total. The van der Waals surface area contributed by atoms with Crippen LogP contribution in [0.1, 0.15) is 5.69 Å². The van der Waals surface area contributed by atoms with Crippen LogP contribution in [0.15, 0.2) is 64.9 Å². The summed E-state index contributed by atoms with van der Waals surface area (Å²) in [7, 11) is 1.56. The van der Waals surface area contributed by atoms with Gasteiger partial charge in [-0.3, -0.25) is 10.1 Å². The van der Waals surface area contributed by atoms with E-state index < -0.39 is 0 Å². The average Bonchev–Trinajstić information content (AvgIpc) is 3.13. The largest absolute Gasteiger partial charge is 0.493 e. The molecule has 1 aromatic heterocycles. The fraction of sp³-hybridized carbons (Fsp3) is 0.158. The lowest BCUT2D eigenvalue weighted by Crippen LogP contribution is -2.20. The predicted molar refractivity (Wildman–Crippen MR) is 105 cm³/mol. The second-order valence-corrected chi connectivity index (χ2v) is 7.14. The van der Waals surface area contributed by atoms with Crippen molar-refractivity contribution in [1.29, 1.82) is 0 Å². The first-order valence-electron chi connectivity index (χ1n) is 7.92. The van der Waals surface area contributed by atoms with Crippen molar-refractivity contribution in [3.63, 3.8) is 0 Å². The number of anilines is 1. The van der Waals surface area contributed by atoms with Gasteiger partial charge < -0.3 is 9.47 Å². The highest BCUT2D eigenvalue weighted by Gasteiger charge is 2.10. The SMILES string of the molecule is COc1ccccc1OCC(=O)Nc1nc(CSc2ccccc2)cs1. The van der Waals surface area contributed by atoms with Crippen molar-refractivity contribution < 1.29 is 14.3 Å². The Bertz CT molecular complexity index is 853. The van der Waals surface area contributed by atoms with E-state index in [-0.39, 0.29) is 12.5 Å². The maximum atomic E-state index is 12.1. The van der Waals surface area contributed by atoms with Crippen LogP contribution in [0, 0.1) is 0 Å². The number of para-hydroxylation sites is 2. The summed E-state index contributed by atoms with van der Waals surface area (Å²) in [6.07, 6.45) is 0. The fourth-order valence-electron chi connectivity index (χ4n) is 2.14. The average molecular weight is 386 g/mol. The predicted octanol–water partition coefficient (Wildman–Crippen LogP) is 4.46. The first kappa shape index (κ1) is 18.3. The van der Waals surface area contributed by atoms with E-state index in [0.29, 0.717) is 16.6 Å². The van der Waals surface area contributed by atoms with E-state index in [1.54, 1.807) is 31.0 Å². The van der Waals surface area contributed by atoms with E-state index in [4.69, 9.17) is 9.47 Å². The number of nitrogens with zero attached hydrogens (tertiary/aromatic N) is 1. The highest BCUT2D eigenvalue weighted by atomic mass is 32.2. The molecule has 3 rings (SSSR count). The minimum absolute atomic E-state index is 0.103. The van der Waals surface area contributed by atoms with Crippen LogP contribution in [0.2, 0.25) is 0 Å². The number of ether oxygens (including phenoxy) is 2. The number of hydrogen-bond acceptors (Lipinski definition) is 6. The molecule has 0 spiro atoms. The van der Waals surface area contributed by atoms with Gasteiger partial charge in [0.25, 0.3) is 5.91 Å². The van der Waals surface area contributed by atoms with E-state index in [1.807, 2.05) is 35.7 Å². The molecule has 1 heterocycles. The van der Waals surface area contributed by atoms with Gasteiger partial charge in [0.15, 0.2) is 23.2 Å². The van der Waals surface area contributed by atoms with Gasteiger partial charge in [-0.2, -0.15) is 0 Å². The van der Waals surface area contributed by atoms with Crippen molar-refractivity contribution >= 4 is 34.1 Å². The van der Waals surface area contributed by atoms with E-state index in [2.05, 4.69) is 22.4 Å². The van der Waals surface area contributed by atoms with Crippen LogP contribution in [0.5, 0.6) is 11.5 Å². The molecule has 7 heteroatoms. The van der Waals surface area contributed by atoms with Crippen LogP contribution in [-0.2, 0) is 10.5 Å². The monoisotopic (exact) mass is 386 g/mol. The number of thioether (sulfide) groups is 1. The van der Waals surface area contributed by atoms with Crippen molar-refractivity contribution in [3.8, 4) is 11.5 Å². The van der Waals surface area contributed by atoms with E-state index in [9.17, 15) is 4.79 Å². The van der Waals surface area contributed by atoms with E-state index in [0.717, 1.165) is 11.4 Å². The molecular formula is C19H18N2O3S2. The van der Waals surface area contributed by atoms with Crippen molar-refractivity contribution in [2.24, 2.45) is 0 Å². The molecule has 0 saturated carbocycles. The number of amides is 1. The number of methoxy groups -OCH3 is 1. The summed E-state index contributed by atoms with van der Waals surface area (Å²) < 4.78 is 10.7. The number of carbonyl (C=O) groups is 1. The second kappa shape index (κ2) is 9.26. The Morgan fingerprint density at radius 1 is 1.12 bits per heavy atom. The van der Waals surface area contributed by atoms with Crippen LogP contribution in [0.3, 0.4) is 0 Å². The zero-order valence-corrected chi connectivity index (χ0v) is 15.8. The Hall–Kier alpha value is -2.51. The molecule has 0 bridgehead atoms. The highest BCUT2D eigenvalue weighted by Crippen LogP contribution is 2.26. The molecule has 1 amide bonds. The molecule has 0 aliphatic heterocycles. The summed E-state index contributed by atoms with van der Waals surface area (Å²) in [5.41, 5.74) is 0.935. The first-order chi connectivity index (χ1) is 12.7. The van der Waals surface area contributed by atoms with Gasteiger partial charge in [0, 0.05) is 16.0 Å². The van der Waals surface area contributed by atoms with Gasteiger partial charge in [0.1, 0.15) is 0 Å². The maximum Gasteiger partial charge on any atom is 0.264 e. The van der Waals surface area contributed by atoms with Crippen LogP contribution in [-0.4, -0.2) is 24.6 Å². The Morgan fingerprint density at radius 2 is 1.85 bits per heavy atom. The van der Waals surface area contributed by atoms with Crippen LogP contribution >= 0.6 is 23.1 Å². The third-order valence-corrected chi connectivity index (χ3v) is 5.21. The molecule has 26 heavy (non-hydrogen) atoms. The van der Waals surface area contributed by atoms with Gasteiger partial charge in [0.2, 0.25) is 0 Å². The molecule has 0 fully saturated rings. The zero-order valence-electron chi connectivity index (χ0n) is 14.2. The van der Waals surface area contributed by atoms with E-state index in [1.165, 1.54) is 16.2 Å². The molecule has 0 radical (unpaired) electrons. The number of rotatable bonds is 8. The van der Waals surface area contributed by atoms with Gasteiger partial charge in [0.05, 0.1) is 12.8 Å². The second-order valence-electron chi connectivity index (χ2n) is 5.23. The fourth-order valence-corrected chi connectivity index (χ4v) is 3.79. The maximum absolute atomic E-state index is 12.1. The highest BCUT2D eigenvalue weighted by molar-refractivity contribution is 7.98. The van der Waals surface area contributed by atoms with Gasteiger partial charge >= 0.3 is 0 Å². The van der Waals surface area contributed by atoms with Crippen molar-refractivity contribution in [3.05, 3.63) is 65.7 Å².